The molecule has 20 rings (SSSR count). The smallest absolute Gasteiger partial charge is 0.258 e. The highest BCUT2D eigenvalue weighted by molar-refractivity contribution is 5.84. The summed E-state index contributed by atoms with van der Waals surface area (Å²) < 4.78 is 14.1. The van der Waals surface area contributed by atoms with Crippen LogP contribution < -0.4 is 48.0 Å². The van der Waals surface area contributed by atoms with Gasteiger partial charge in [-0.1, -0.05) is 18.2 Å². The Morgan fingerprint density at radius 3 is 1.46 bits per heavy atom. The van der Waals surface area contributed by atoms with Crippen molar-refractivity contribution in [3.05, 3.63) is 251 Å². The lowest BCUT2D eigenvalue weighted by Crippen LogP contribution is -2.43. The maximum atomic E-state index is 13.1. The number of nitrogens with zero attached hydrogens (tertiary/aromatic N) is 21. The third kappa shape index (κ3) is 17.2. The first-order valence-electron chi connectivity index (χ1n) is 42.6. The number of fused-ring (bicyclic) bond motifs is 8. The van der Waals surface area contributed by atoms with Gasteiger partial charge >= 0.3 is 0 Å². The Bertz CT molecular complexity index is 6900. The van der Waals surface area contributed by atoms with Crippen molar-refractivity contribution in [3.8, 4) is 45.3 Å². The van der Waals surface area contributed by atoms with Crippen LogP contribution in [0.15, 0.2) is 172 Å². The first-order valence-corrected chi connectivity index (χ1v) is 42.6. The molecule has 29 heteroatoms. The molecule has 0 bridgehead atoms. The third-order valence-corrected chi connectivity index (χ3v) is 24.6. The van der Waals surface area contributed by atoms with Crippen molar-refractivity contribution in [2.75, 3.05) is 82.4 Å². The van der Waals surface area contributed by atoms with E-state index in [-0.39, 0.29) is 28.8 Å². The molecule has 0 aliphatic carbocycles. The molecule has 4 fully saturated rings. The van der Waals surface area contributed by atoms with Gasteiger partial charge in [0.05, 0.1) is 98.2 Å². The standard InChI is InChI=1S/C24H29N7O2.C24H27N5O.C23H27N7O.C22H23N5O/c1-15-10-19(29-7-4-18(5-8-29)25-6-9-32)14-30-23(33)12-20(27-24(15)30)21-11-22-17(3)26-16(2)13-31(22)28-21;1-16(2)28-10-8-17(9-11-28)19-5-7-23-25-22(13-24(30)29(23)15-19)18-4-6-21-20(12-18)14-27(3)26-21;1-14-9-18(28-7-5-17(24-4)6-8-28)13-29-22(31)11-19(26-23(14)29)20-10-21-16(3)25-15(2)12-30(21)27-20;1-14-9-18(12-26-11-15(2)24-22(14)26)19-10-21(28)27-13-17(3-4-20(27)25-19)16-5-7-23-8-6-16/h10-14,18,25,32H,4-9H2,1-3H3;4-7,12-17H,8-11H2,1-3H3;9-13,17,24H,5-8H2,1-4H3;3-4,9-13,16,23H,5-8H2,1-2H3. The minimum Gasteiger partial charge on any atom is -0.395 e. The van der Waals surface area contributed by atoms with Crippen molar-refractivity contribution in [1.29, 1.82) is 0 Å². The number of rotatable bonds is 13. The van der Waals surface area contributed by atoms with Crippen LogP contribution in [0.4, 0.5) is 11.4 Å². The van der Waals surface area contributed by atoms with Gasteiger partial charge < -0.3 is 40.2 Å². The number of hydrogen-bond acceptors (Lipinski definition) is 21. The van der Waals surface area contributed by atoms with Gasteiger partial charge in [-0.05, 0) is 248 Å². The molecule has 4 aliphatic rings. The average molecular weight is 1640 g/mol. The quantitative estimate of drug-likeness (QED) is 0.0834. The van der Waals surface area contributed by atoms with Crippen LogP contribution >= 0.6 is 0 Å². The summed E-state index contributed by atoms with van der Waals surface area (Å²) in [4.78, 5) is 91.8. The summed E-state index contributed by atoms with van der Waals surface area (Å²) in [6.07, 6.45) is 26.2. The first kappa shape index (κ1) is 81.8. The van der Waals surface area contributed by atoms with Crippen LogP contribution in [0.2, 0.25) is 0 Å². The minimum atomic E-state index is -0.123. The predicted octanol–water partition coefficient (Wildman–Crippen LogP) is 11.3. The third-order valence-electron chi connectivity index (χ3n) is 24.6. The molecule has 1 aromatic carbocycles. The SMILES string of the molecule is CC(C)N1CCC(c2ccc3nc(-c4ccc5nn(C)cc5c4)cc(=O)n3c2)CC1.CNC1CCN(c2cc(C)c3nc(-c4cc5c(C)nc(C)cn5n4)cc(=O)n3c2)CC1.Cc1cn2cc(-c3cc(=O)n4cc(C5CCNCC5)ccc4n3)cc(C)c2n1.Cc1cn2nc(-c3cc(=O)n4cc(N5CCC(NCCO)CC5)cc(C)c4n3)cc2c(C)n1. The van der Waals surface area contributed by atoms with Crippen molar-refractivity contribution in [2.24, 2.45) is 7.05 Å². The molecule has 19 heterocycles. The van der Waals surface area contributed by atoms with Gasteiger partial charge in [-0.15, -0.1) is 0 Å². The fourth-order valence-corrected chi connectivity index (χ4v) is 17.9. The van der Waals surface area contributed by atoms with Gasteiger partial charge in [0, 0.05) is 142 Å². The summed E-state index contributed by atoms with van der Waals surface area (Å²) in [6.45, 7) is 29.2. The van der Waals surface area contributed by atoms with Crippen molar-refractivity contribution in [1.82, 2.24) is 107 Å². The second-order valence-corrected chi connectivity index (χ2v) is 33.6. The summed E-state index contributed by atoms with van der Waals surface area (Å²) in [7, 11) is 3.93. The lowest BCUT2D eigenvalue weighted by molar-refractivity contribution is 0.172. The number of anilines is 2. The number of likely N-dealkylation sites (tertiary alicyclic amines) is 1. The van der Waals surface area contributed by atoms with Crippen LogP contribution in [0.3, 0.4) is 0 Å². The number of aliphatic hydroxyl groups excluding tert-OH is 1. The summed E-state index contributed by atoms with van der Waals surface area (Å²) in [5.41, 5.74) is 23.9. The Hall–Kier alpha value is -12.5. The van der Waals surface area contributed by atoms with E-state index in [1.807, 2.05) is 178 Å². The van der Waals surface area contributed by atoms with E-state index in [9.17, 15) is 19.2 Å². The van der Waals surface area contributed by atoms with Crippen molar-refractivity contribution in [2.45, 2.75) is 151 Å². The molecule has 0 radical (unpaired) electrons. The number of aromatic nitrogens is 18. The number of aryl methyl sites for hydroxylation is 9. The number of imidazole rings is 1. The molecule has 122 heavy (non-hydrogen) atoms. The largest absolute Gasteiger partial charge is 0.395 e. The molecule has 0 saturated carbocycles. The van der Waals surface area contributed by atoms with E-state index in [1.54, 1.807) is 55.6 Å². The molecule has 4 saturated heterocycles. The highest BCUT2D eigenvalue weighted by atomic mass is 16.3. The van der Waals surface area contributed by atoms with E-state index in [0.717, 1.165) is 199 Å². The molecule has 0 spiro atoms. The average Bonchev–Trinajstić information content (AvgIpc) is 1.78. The van der Waals surface area contributed by atoms with Crippen LogP contribution in [-0.2, 0) is 7.05 Å². The monoisotopic (exact) mass is 1640 g/mol. The van der Waals surface area contributed by atoms with E-state index in [0.29, 0.717) is 93.3 Å². The summed E-state index contributed by atoms with van der Waals surface area (Å²) in [5.74, 6) is 1.01. The molecule has 15 aromatic heterocycles. The summed E-state index contributed by atoms with van der Waals surface area (Å²) >= 11 is 0. The zero-order valence-electron chi connectivity index (χ0n) is 71.5. The molecule has 0 atom stereocenters. The van der Waals surface area contributed by atoms with Gasteiger partial charge in [-0.3, -0.25) is 51.4 Å². The molecular weight excluding hydrogens is 1530 g/mol. The highest BCUT2D eigenvalue weighted by Crippen LogP contribution is 2.33. The highest BCUT2D eigenvalue weighted by Gasteiger charge is 2.27. The Kier molecular flexibility index (Phi) is 23.2. The van der Waals surface area contributed by atoms with Crippen LogP contribution in [0.25, 0.3) is 95.5 Å². The van der Waals surface area contributed by atoms with E-state index in [4.69, 9.17) is 25.0 Å². The van der Waals surface area contributed by atoms with Gasteiger partial charge in [0.25, 0.3) is 22.2 Å². The number of aliphatic hydroxyl groups is 1. The number of nitrogens with one attached hydrogen (secondary N) is 3. The zero-order valence-corrected chi connectivity index (χ0v) is 71.5. The Morgan fingerprint density at radius 2 is 0.934 bits per heavy atom. The van der Waals surface area contributed by atoms with Crippen molar-refractivity contribution < 1.29 is 5.11 Å². The molecule has 0 unspecified atom stereocenters. The summed E-state index contributed by atoms with van der Waals surface area (Å²) in [6, 6.07) is 32.3. The van der Waals surface area contributed by atoms with E-state index in [1.165, 1.54) is 11.1 Å². The fourth-order valence-electron chi connectivity index (χ4n) is 17.9. The lowest BCUT2D eigenvalue weighted by Gasteiger charge is -2.34. The molecule has 4 aliphatic heterocycles. The van der Waals surface area contributed by atoms with Crippen LogP contribution in [0.1, 0.15) is 133 Å². The van der Waals surface area contributed by atoms with E-state index >= 15 is 0 Å². The fraction of sp³-hybridized carbons (Fsp3) is 0.376. The maximum Gasteiger partial charge on any atom is 0.258 e. The van der Waals surface area contributed by atoms with E-state index < -0.39 is 0 Å². The molecule has 0 amide bonds. The molecule has 628 valence electrons. The Labute approximate surface area is 705 Å². The van der Waals surface area contributed by atoms with Crippen LogP contribution in [0, 0.1) is 55.4 Å². The first-order chi connectivity index (χ1) is 58.9. The zero-order chi connectivity index (χ0) is 84.9. The Balaban J connectivity index is 0.000000116. The normalized spacial score (nSPS) is 15.5. The number of hydrogen-bond donors (Lipinski definition) is 4. The van der Waals surface area contributed by atoms with Crippen molar-refractivity contribution >= 4 is 61.5 Å². The predicted molar refractivity (Wildman–Crippen MR) is 480 cm³/mol. The number of piperidine rings is 4. The van der Waals surface area contributed by atoms with Crippen LogP contribution in [0.5, 0.6) is 0 Å². The lowest BCUT2D eigenvalue weighted by atomic mass is 9.90. The molecule has 4 N–H and O–H groups in total. The van der Waals surface area contributed by atoms with Gasteiger partial charge in [0.1, 0.15) is 39.6 Å². The van der Waals surface area contributed by atoms with Gasteiger partial charge in [0.2, 0.25) is 0 Å². The van der Waals surface area contributed by atoms with Crippen molar-refractivity contribution in [3.63, 3.8) is 0 Å². The molecular formula is C93H106N24O5. The summed E-state index contributed by atoms with van der Waals surface area (Å²) in [5, 5.41) is 33.9. The second-order valence-electron chi connectivity index (χ2n) is 33.6. The molecule has 29 nitrogen and oxygen atoms in total. The van der Waals surface area contributed by atoms with Crippen LogP contribution in [-0.4, -0.2) is 187 Å². The topological polar surface area (TPSA) is 299 Å². The number of benzene rings is 1. The maximum absolute atomic E-state index is 13.1. The van der Waals surface area contributed by atoms with Gasteiger partial charge in [-0.2, -0.15) is 15.3 Å². The molecule has 16 aromatic rings. The van der Waals surface area contributed by atoms with Gasteiger partial charge in [-0.25, -0.2) is 34.0 Å². The van der Waals surface area contributed by atoms with Gasteiger partial charge in [0.15, 0.2) is 0 Å². The van der Waals surface area contributed by atoms with E-state index in [2.05, 4.69) is 99.0 Å². The number of pyridine rings is 5. The Morgan fingerprint density at radius 1 is 0.443 bits per heavy atom. The second kappa shape index (κ2) is 34.5. The minimum absolute atomic E-state index is 0.0391.